The number of halogens is 1. The van der Waals surface area contributed by atoms with Gasteiger partial charge in [0.1, 0.15) is 0 Å². The fourth-order valence-corrected chi connectivity index (χ4v) is 2.19. The Balaban J connectivity index is 2.44. The number of alkyl halides is 1. The first-order chi connectivity index (χ1) is 7.45. The van der Waals surface area contributed by atoms with Gasteiger partial charge in [-0.1, -0.05) is 19.8 Å². The van der Waals surface area contributed by atoms with Crippen LogP contribution in [0.2, 0.25) is 0 Å². The third-order valence-electron chi connectivity index (χ3n) is 3.54. The van der Waals surface area contributed by atoms with E-state index in [0.29, 0.717) is 11.9 Å². The molecule has 0 heterocycles. The van der Waals surface area contributed by atoms with Crippen molar-refractivity contribution in [1.82, 2.24) is 5.32 Å². The Morgan fingerprint density at radius 1 is 1.31 bits per heavy atom. The molecule has 1 N–H and O–H groups in total. The van der Waals surface area contributed by atoms with Gasteiger partial charge in [0, 0.05) is 11.9 Å². The maximum Gasteiger partial charge on any atom is 0.227 e. The van der Waals surface area contributed by atoms with Crippen LogP contribution in [-0.4, -0.2) is 17.8 Å². The summed E-state index contributed by atoms with van der Waals surface area (Å²) in [4.78, 5) is 12.0. The highest BCUT2D eigenvalue weighted by molar-refractivity contribution is 6.19. The van der Waals surface area contributed by atoms with Crippen LogP contribution in [0, 0.1) is 11.3 Å². The Hall–Kier alpha value is -0.240. The molecule has 16 heavy (non-hydrogen) atoms. The first kappa shape index (κ1) is 13.8. The second kappa shape index (κ2) is 5.90. The molecule has 2 atom stereocenters. The monoisotopic (exact) mass is 245 g/mol. The highest BCUT2D eigenvalue weighted by atomic mass is 35.5. The molecule has 0 aromatic rings. The summed E-state index contributed by atoms with van der Waals surface area (Å²) in [5.74, 6) is 1.28. The molecule has 1 rings (SSSR count). The Morgan fingerprint density at radius 2 is 2.00 bits per heavy atom. The normalized spacial score (nSPS) is 27.2. The highest BCUT2D eigenvalue weighted by Crippen LogP contribution is 2.24. The predicted octanol–water partition coefficient (Wildman–Crippen LogP) is 3.34. The molecule has 2 nitrogen and oxygen atoms in total. The van der Waals surface area contributed by atoms with E-state index in [1.165, 1.54) is 19.3 Å². The lowest BCUT2D eigenvalue weighted by Gasteiger charge is -2.25. The van der Waals surface area contributed by atoms with Crippen molar-refractivity contribution in [3.8, 4) is 0 Å². The largest absolute Gasteiger partial charge is 0.353 e. The SMILES string of the molecule is CC1CCCC(NC(=O)C(C)(C)CCl)CC1. The first-order valence-electron chi connectivity index (χ1n) is 6.32. The van der Waals surface area contributed by atoms with Gasteiger partial charge in [-0.25, -0.2) is 0 Å². The molecule has 0 spiro atoms. The Labute approximate surface area is 104 Å². The average molecular weight is 246 g/mol. The van der Waals surface area contributed by atoms with Crippen LogP contribution >= 0.6 is 11.6 Å². The molecule has 1 fully saturated rings. The molecule has 2 unspecified atom stereocenters. The van der Waals surface area contributed by atoms with Crippen molar-refractivity contribution in [3.05, 3.63) is 0 Å². The summed E-state index contributed by atoms with van der Waals surface area (Å²) in [6.45, 7) is 6.09. The summed E-state index contributed by atoms with van der Waals surface area (Å²) in [6, 6.07) is 0.361. The molecule has 1 saturated carbocycles. The quantitative estimate of drug-likeness (QED) is 0.600. The van der Waals surface area contributed by atoms with E-state index in [4.69, 9.17) is 11.6 Å². The van der Waals surface area contributed by atoms with E-state index in [2.05, 4.69) is 12.2 Å². The van der Waals surface area contributed by atoms with Crippen molar-refractivity contribution >= 4 is 17.5 Å². The summed E-state index contributed by atoms with van der Waals surface area (Å²) < 4.78 is 0. The summed E-state index contributed by atoms with van der Waals surface area (Å²) >= 11 is 5.80. The lowest BCUT2D eigenvalue weighted by atomic mass is 9.94. The molecule has 0 aliphatic heterocycles. The van der Waals surface area contributed by atoms with Crippen molar-refractivity contribution in [1.29, 1.82) is 0 Å². The van der Waals surface area contributed by atoms with Gasteiger partial charge in [0.05, 0.1) is 5.41 Å². The van der Waals surface area contributed by atoms with E-state index in [1.807, 2.05) is 13.8 Å². The van der Waals surface area contributed by atoms with Gasteiger partial charge < -0.3 is 5.32 Å². The Kier molecular flexibility index (Phi) is 5.10. The predicted molar refractivity (Wildman–Crippen MR) is 68.7 cm³/mol. The van der Waals surface area contributed by atoms with E-state index in [1.54, 1.807) is 0 Å². The number of carbonyl (C=O) groups is 1. The van der Waals surface area contributed by atoms with Crippen LogP contribution < -0.4 is 5.32 Å². The maximum absolute atomic E-state index is 12.0. The Bertz CT molecular complexity index is 240. The maximum atomic E-state index is 12.0. The molecule has 94 valence electrons. The topological polar surface area (TPSA) is 29.1 Å². The molecule has 0 saturated heterocycles. The summed E-state index contributed by atoms with van der Waals surface area (Å²) in [6.07, 6.45) is 5.99. The number of nitrogens with one attached hydrogen (secondary N) is 1. The molecule has 0 radical (unpaired) electrons. The number of hydrogen-bond donors (Lipinski definition) is 1. The van der Waals surface area contributed by atoms with Crippen LogP contribution in [0.5, 0.6) is 0 Å². The number of rotatable bonds is 3. The lowest BCUT2D eigenvalue weighted by molar-refractivity contribution is -0.129. The van der Waals surface area contributed by atoms with Gasteiger partial charge in [0.2, 0.25) is 5.91 Å². The van der Waals surface area contributed by atoms with Crippen LogP contribution in [0.3, 0.4) is 0 Å². The van der Waals surface area contributed by atoms with Gasteiger partial charge in [0.25, 0.3) is 0 Å². The van der Waals surface area contributed by atoms with Crippen LogP contribution in [0.25, 0.3) is 0 Å². The fraction of sp³-hybridized carbons (Fsp3) is 0.923. The van der Waals surface area contributed by atoms with E-state index in [0.717, 1.165) is 18.8 Å². The third kappa shape index (κ3) is 3.97. The molecule has 0 aromatic heterocycles. The number of carbonyl (C=O) groups excluding carboxylic acids is 1. The molecule has 0 aromatic carbocycles. The van der Waals surface area contributed by atoms with Gasteiger partial charge in [-0.15, -0.1) is 11.6 Å². The van der Waals surface area contributed by atoms with Gasteiger partial charge in [-0.05, 0) is 39.0 Å². The molecular formula is C13H24ClNO. The molecule has 3 heteroatoms. The minimum atomic E-state index is -0.445. The number of amides is 1. The van der Waals surface area contributed by atoms with Crippen molar-refractivity contribution in [2.75, 3.05) is 5.88 Å². The summed E-state index contributed by atoms with van der Waals surface area (Å²) in [5.41, 5.74) is -0.445. The van der Waals surface area contributed by atoms with Gasteiger partial charge in [-0.3, -0.25) is 4.79 Å². The van der Waals surface area contributed by atoms with E-state index < -0.39 is 5.41 Å². The molecule has 1 amide bonds. The van der Waals surface area contributed by atoms with Gasteiger partial charge in [0.15, 0.2) is 0 Å². The zero-order chi connectivity index (χ0) is 12.2. The highest BCUT2D eigenvalue weighted by Gasteiger charge is 2.28. The second-order valence-corrected chi connectivity index (χ2v) is 6.07. The van der Waals surface area contributed by atoms with Crippen LogP contribution in [-0.2, 0) is 4.79 Å². The smallest absolute Gasteiger partial charge is 0.227 e. The molecule has 1 aliphatic rings. The lowest BCUT2D eigenvalue weighted by Crippen LogP contribution is -2.43. The van der Waals surface area contributed by atoms with Crippen LogP contribution in [0.4, 0.5) is 0 Å². The number of hydrogen-bond acceptors (Lipinski definition) is 1. The molecule has 1 aliphatic carbocycles. The summed E-state index contributed by atoms with van der Waals surface area (Å²) in [5, 5.41) is 3.15. The van der Waals surface area contributed by atoms with Crippen molar-refractivity contribution in [2.45, 2.75) is 58.9 Å². The van der Waals surface area contributed by atoms with Crippen molar-refractivity contribution < 1.29 is 4.79 Å². The first-order valence-corrected chi connectivity index (χ1v) is 6.86. The fourth-order valence-electron chi connectivity index (χ4n) is 2.07. The molecule has 0 bridgehead atoms. The molecular weight excluding hydrogens is 222 g/mol. The zero-order valence-electron chi connectivity index (χ0n) is 10.7. The second-order valence-electron chi connectivity index (χ2n) is 5.80. The van der Waals surface area contributed by atoms with E-state index in [9.17, 15) is 4.79 Å². The van der Waals surface area contributed by atoms with E-state index >= 15 is 0 Å². The standard InChI is InChI=1S/C13H24ClNO/c1-10-5-4-6-11(8-7-10)15-12(16)13(2,3)9-14/h10-11H,4-9H2,1-3H3,(H,15,16). The minimum Gasteiger partial charge on any atom is -0.353 e. The van der Waals surface area contributed by atoms with Crippen LogP contribution in [0.15, 0.2) is 0 Å². The van der Waals surface area contributed by atoms with Gasteiger partial charge >= 0.3 is 0 Å². The zero-order valence-corrected chi connectivity index (χ0v) is 11.4. The van der Waals surface area contributed by atoms with Gasteiger partial charge in [-0.2, -0.15) is 0 Å². The van der Waals surface area contributed by atoms with E-state index in [-0.39, 0.29) is 5.91 Å². The third-order valence-corrected chi connectivity index (χ3v) is 4.21. The summed E-state index contributed by atoms with van der Waals surface area (Å²) in [7, 11) is 0. The minimum absolute atomic E-state index is 0.0991. The Morgan fingerprint density at radius 3 is 2.62 bits per heavy atom. The van der Waals surface area contributed by atoms with Crippen LogP contribution in [0.1, 0.15) is 52.9 Å². The average Bonchev–Trinajstić information content (AvgIpc) is 2.44. The van der Waals surface area contributed by atoms with Crippen molar-refractivity contribution in [3.63, 3.8) is 0 Å². The van der Waals surface area contributed by atoms with Crippen molar-refractivity contribution in [2.24, 2.45) is 11.3 Å².